The van der Waals surface area contributed by atoms with Crippen LogP contribution in [0.5, 0.6) is 0 Å². The molecule has 0 aliphatic carbocycles. The normalized spacial score (nSPS) is 13.5. The molecule has 2 aromatic carbocycles. The molecule has 1 unspecified atom stereocenters. The molecular formula is C23H23F7O4. The first-order chi connectivity index (χ1) is 15.5. The second kappa shape index (κ2) is 10.6. The van der Waals surface area contributed by atoms with Gasteiger partial charge in [-0.05, 0) is 62.2 Å². The maximum atomic E-state index is 13.3. The van der Waals surface area contributed by atoms with Crippen LogP contribution in [0.25, 0.3) is 0 Å². The second-order valence-corrected chi connectivity index (χ2v) is 8.45. The molecule has 0 aliphatic heterocycles. The summed E-state index contributed by atoms with van der Waals surface area (Å²) in [4.78, 5) is 11.8. The molecule has 0 aliphatic rings. The quantitative estimate of drug-likeness (QED) is 0.303. The van der Waals surface area contributed by atoms with Gasteiger partial charge in [0.25, 0.3) is 0 Å². The van der Waals surface area contributed by atoms with E-state index in [9.17, 15) is 35.5 Å². The zero-order chi connectivity index (χ0) is 25.7. The maximum absolute atomic E-state index is 13.3. The van der Waals surface area contributed by atoms with Crippen LogP contribution < -0.4 is 0 Å². The molecule has 0 radical (unpaired) electrons. The zero-order valence-electron chi connectivity index (χ0n) is 18.5. The Bertz CT molecular complexity index is 929. The predicted octanol–water partition coefficient (Wildman–Crippen LogP) is 7.12. The van der Waals surface area contributed by atoms with Gasteiger partial charge in [0.2, 0.25) is 0 Å². The molecule has 0 bridgehead atoms. The van der Waals surface area contributed by atoms with Crippen LogP contribution in [-0.2, 0) is 33.2 Å². The van der Waals surface area contributed by atoms with Gasteiger partial charge in [-0.2, -0.15) is 26.3 Å². The third-order valence-corrected chi connectivity index (χ3v) is 4.37. The van der Waals surface area contributed by atoms with Crippen molar-refractivity contribution in [2.24, 2.45) is 0 Å². The van der Waals surface area contributed by atoms with Crippen LogP contribution in [0, 0.1) is 5.82 Å². The van der Waals surface area contributed by atoms with E-state index >= 15 is 0 Å². The molecule has 0 spiro atoms. The number of ether oxygens (including phenoxy) is 3. The average molecular weight is 496 g/mol. The fourth-order valence-corrected chi connectivity index (χ4v) is 2.85. The monoisotopic (exact) mass is 496 g/mol. The number of hydrogen-bond acceptors (Lipinski definition) is 4. The summed E-state index contributed by atoms with van der Waals surface area (Å²) in [5.41, 5.74) is -3.59. The van der Waals surface area contributed by atoms with E-state index in [1.807, 2.05) is 0 Å². The summed E-state index contributed by atoms with van der Waals surface area (Å²) in [6, 6.07) is 6.26. The maximum Gasteiger partial charge on any atom is 0.508 e. The summed E-state index contributed by atoms with van der Waals surface area (Å²) in [5.74, 6) is -1.22. The molecule has 2 rings (SSSR count). The van der Waals surface area contributed by atoms with Crippen molar-refractivity contribution >= 4 is 6.16 Å². The van der Waals surface area contributed by atoms with Crippen molar-refractivity contribution in [3.05, 3.63) is 70.5 Å². The van der Waals surface area contributed by atoms with Crippen LogP contribution in [-0.4, -0.2) is 25.0 Å². The van der Waals surface area contributed by atoms with Crippen LogP contribution >= 0.6 is 0 Å². The van der Waals surface area contributed by atoms with Crippen LogP contribution in [0.15, 0.2) is 42.5 Å². The summed E-state index contributed by atoms with van der Waals surface area (Å²) in [5, 5.41) is 0. The number of halogens is 7. The molecule has 34 heavy (non-hydrogen) atoms. The lowest BCUT2D eigenvalue weighted by atomic mass is 10.0. The van der Waals surface area contributed by atoms with Crippen LogP contribution in [0.4, 0.5) is 35.5 Å². The van der Waals surface area contributed by atoms with Crippen LogP contribution in [0.1, 0.15) is 48.9 Å². The predicted molar refractivity (Wildman–Crippen MR) is 107 cm³/mol. The van der Waals surface area contributed by atoms with Crippen molar-refractivity contribution in [3.63, 3.8) is 0 Å². The van der Waals surface area contributed by atoms with Gasteiger partial charge in [0, 0.05) is 5.92 Å². The minimum Gasteiger partial charge on any atom is -0.434 e. The average Bonchev–Trinajstić information content (AvgIpc) is 2.68. The zero-order valence-corrected chi connectivity index (χ0v) is 18.5. The summed E-state index contributed by atoms with van der Waals surface area (Å²) in [6.45, 7) is 3.78. The smallest absolute Gasteiger partial charge is 0.434 e. The van der Waals surface area contributed by atoms with Crippen molar-refractivity contribution in [1.82, 2.24) is 0 Å². The highest BCUT2D eigenvalue weighted by Crippen LogP contribution is 2.36. The van der Waals surface area contributed by atoms with Crippen molar-refractivity contribution in [2.75, 3.05) is 13.2 Å². The van der Waals surface area contributed by atoms with E-state index in [0.717, 1.165) is 12.1 Å². The van der Waals surface area contributed by atoms with Gasteiger partial charge in [0.05, 0.1) is 24.3 Å². The van der Waals surface area contributed by atoms with Gasteiger partial charge in [0.1, 0.15) is 18.0 Å². The van der Waals surface area contributed by atoms with Gasteiger partial charge in [-0.25, -0.2) is 9.18 Å². The lowest BCUT2D eigenvalue weighted by Crippen LogP contribution is -2.26. The number of rotatable bonds is 7. The van der Waals surface area contributed by atoms with Crippen LogP contribution in [0.3, 0.4) is 0 Å². The van der Waals surface area contributed by atoms with Crippen molar-refractivity contribution in [3.8, 4) is 0 Å². The molecule has 0 aromatic heterocycles. The standard InChI is InChI=1S/C23H23F7O4/c1-21(2,3)34-20(31)33-13-16(15-4-6-19(24)7-5-15)12-32-11-14-8-17(22(25,26)27)10-18(9-14)23(28,29)30/h4-10,16H,11-13H2,1-3H3. The lowest BCUT2D eigenvalue weighted by molar-refractivity contribution is -0.143. The SMILES string of the molecule is CC(C)(C)OC(=O)OCC(COCc1cc(C(F)(F)F)cc(C(F)(F)F)c1)c1ccc(F)cc1. The van der Waals surface area contributed by atoms with Crippen molar-refractivity contribution in [2.45, 2.75) is 51.2 Å². The number of hydrogen-bond donors (Lipinski definition) is 0. The van der Waals surface area contributed by atoms with E-state index in [2.05, 4.69) is 0 Å². The third kappa shape index (κ3) is 8.85. The molecule has 0 saturated carbocycles. The Labute approximate surface area is 191 Å². The van der Waals surface area contributed by atoms with E-state index in [1.165, 1.54) is 12.1 Å². The number of carbonyl (C=O) groups is 1. The Kier molecular flexibility index (Phi) is 8.57. The van der Waals surface area contributed by atoms with E-state index in [-0.39, 0.29) is 24.8 Å². The molecule has 0 fully saturated rings. The molecule has 4 nitrogen and oxygen atoms in total. The molecule has 0 heterocycles. The van der Waals surface area contributed by atoms with Gasteiger partial charge in [-0.15, -0.1) is 0 Å². The fraction of sp³-hybridized carbons (Fsp3) is 0.435. The Morgan fingerprint density at radius 1 is 0.853 bits per heavy atom. The largest absolute Gasteiger partial charge is 0.508 e. The van der Waals surface area contributed by atoms with Gasteiger partial charge in [-0.3, -0.25) is 0 Å². The lowest BCUT2D eigenvalue weighted by Gasteiger charge is -2.21. The molecule has 1 atom stereocenters. The molecular weight excluding hydrogens is 473 g/mol. The van der Waals surface area contributed by atoms with Gasteiger partial charge in [-0.1, -0.05) is 12.1 Å². The highest BCUT2D eigenvalue weighted by atomic mass is 19.4. The Balaban J connectivity index is 2.15. The number of benzene rings is 2. The summed E-state index contributed by atoms with van der Waals surface area (Å²) >= 11 is 0. The number of alkyl halides is 6. The Hall–Kier alpha value is -2.82. The molecule has 188 valence electrons. The second-order valence-electron chi connectivity index (χ2n) is 8.45. The molecule has 11 heteroatoms. The van der Waals surface area contributed by atoms with E-state index in [4.69, 9.17) is 14.2 Å². The van der Waals surface area contributed by atoms with Crippen molar-refractivity contribution in [1.29, 1.82) is 0 Å². The molecule has 2 aromatic rings. The molecule has 0 amide bonds. The first-order valence-corrected chi connectivity index (χ1v) is 10.0. The van der Waals surface area contributed by atoms with Gasteiger partial charge in [0.15, 0.2) is 0 Å². The summed E-state index contributed by atoms with van der Waals surface area (Å²) in [7, 11) is 0. The topological polar surface area (TPSA) is 44.8 Å². The van der Waals surface area contributed by atoms with Crippen LogP contribution in [0.2, 0.25) is 0 Å². The summed E-state index contributed by atoms with van der Waals surface area (Å²) in [6.07, 6.45) is -10.9. The first-order valence-electron chi connectivity index (χ1n) is 10.0. The minimum atomic E-state index is -4.98. The first kappa shape index (κ1) is 27.4. The summed E-state index contributed by atoms with van der Waals surface area (Å²) < 4.78 is 107. The molecule has 0 saturated heterocycles. The van der Waals surface area contributed by atoms with Gasteiger partial charge >= 0.3 is 18.5 Å². The fourth-order valence-electron chi connectivity index (χ4n) is 2.85. The third-order valence-electron chi connectivity index (χ3n) is 4.37. The van der Waals surface area contributed by atoms with Gasteiger partial charge < -0.3 is 14.2 Å². The minimum absolute atomic E-state index is 0.0273. The van der Waals surface area contributed by atoms with E-state index in [0.29, 0.717) is 17.7 Å². The molecule has 0 N–H and O–H groups in total. The highest BCUT2D eigenvalue weighted by molar-refractivity contribution is 5.60. The van der Waals surface area contributed by atoms with Crippen molar-refractivity contribution < 1.29 is 49.7 Å². The van der Waals surface area contributed by atoms with E-state index in [1.54, 1.807) is 20.8 Å². The highest BCUT2D eigenvalue weighted by Gasteiger charge is 2.36. The number of carbonyl (C=O) groups excluding carboxylic acids is 1. The Morgan fingerprint density at radius 3 is 1.85 bits per heavy atom. The Morgan fingerprint density at radius 2 is 1.38 bits per heavy atom. The van der Waals surface area contributed by atoms with E-state index < -0.39 is 53.6 Å².